The minimum atomic E-state index is -0.0430. The number of morpholine rings is 1. The second-order valence-electron chi connectivity index (χ2n) is 5.02. The first-order valence-corrected chi connectivity index (χ1v) is 6.26. The van der Waals surface area contributed by atoms with Crippen molar-refractivity contribution in [2.45, 2.75) is 32.2 Å². The molecule has 1 amide bonds. The predicted molar refractivity (Wildman–Crippen MR) is 65.8 cm³/mol. The van der Waals surface area contributed by atoms with Crippen LogP contribution in [0.5, 0.6) is 0 Å². The van der Waals surface area contributed by atoms with Crippen molar-refractivity contribution in [1.29, 1.82) is 0 Å². The van der Waals surface area contributed by atoms with Gasteiger partial charge in [0.05, 0.1) is 13.2 Å². The van der Waals surface area contributed by atoms with Gasteiger partial charge in [-0.2, -0.15) is 0 Å². The molecule has 1 aliphatic rings. The van der Waals surface area contributed by atoms with Gasteiger partial charge in [0.25, 0.3) is 0 Å². The minimum absolute atomic E-state index is 0.0142. The van der Waals surface area contributed by atoms with Gasteiger partial charge in [-0.25, -0.2) is 0 Å². The predicted octanol–water partition coefficient (Wildman–Crippen LogP) is -0.0141. The van der Waals surface area contributed by atoms with Crippen LogP contribution in [0.25, 0.3) is 0 Å². The number of nitrogens with one attached hydrogen (secondary N) is 1. The highest BCUT2D eigenvalue weighted by Gasteiger charge is 2.28. The lowest BCUT2D eigenvalue weighted by Gasteiger charge is -2.40. The number of nitrogens with zero attached hydrogens (tertiary/aromatic N) is 1. The van der Waals surface area contributed by atoms with Crippen molar-refractivity contribution in [3.8, 4) is 0 Å². The zero-order chi connectivity index (χ0) is 12.7. The van der Waals surface area contributed by atoms with Crippen LogP contribution in [-0.2, 0) is 9.53 Å². The molecule has 2 N–H and O–H groups in total. The van der Waals surface area contributed by atoms with E-state index in [0.717, 1.165) is 26.3 Å². The molecule has 5 heteroatoms. The van der Waals surface area contributed by atoms with Crippen molar-refractivity contribution < 1.29 is 14.6 Å². The fourth-order valence-corrected chi connectivity index (χ4v) is 1.92. The summed E-state index contributed by atoms with van der Waals surface area (Å²) in [7, 11) is 0. The zero-order valence-electron chi connectivity index (χ0n) is 10.9. The van der Waals surface area contributed by atoms with Gasteiger partial charge in [0.1, 0.15) is 0 Å². The minimum Gasteiger partial charge on any atom is -0.396 e. The Labute approximate surface area is 103 Å². The number of amides is 1. The van der Waals surface area contributed by atoms with Crippen molar-refractivity contribution in [2.75, 3.05) is 39.5 Å². The van der Waals surface area contributed by atoms with E-state index in [1.807, 2.05) is 0 Å². The Hall–Kier alpha value is -0.650. The number of hydrogen-bond acceptors (Lipinski definition) is 4. The van der Waals surface area contributed by atoms with E-state index in [2.05, 4.69) is 24.1 Å². The van der Waals surface area contributed by atoms with Gasteiger partial charge in [0.15, 0.2) is 0 Å². The summed E-state index contributed by atoms with van der Waals surface area (Å²) in [6, 6.07) is 0. The summed E-state index contributed by atoms with van der Waals surface area (Å²) in [5.74, 6) is 0.0142. The number of aliphatic hydroxyl groups excluding tert-OH is 1. The normalized spacial score (nSPS) is 18.1. The maximum atomic E-state index is 11.5. The van der Waals surface area contributed by atoms with Crippen LogP contribution in [0.1, 0.15) is 26.7 Å². The molecule has 0 aromatic heterocycles. The third-order valence-electron chi connectivity index (χ3n) is 3.15. The Kier molecular flexibility index (Phi) is 5.88. The van der Waals surface area contributed by atoms with Gasteiger partial charge in [-0.15, -0.1) is 0 Å². The molecule has 100 valence electrons. The van der Waals surface area contributed by atoms with Gasteiger partial charge in [0.2, 0.25) is 5.91 Å². The quantitative estimate of drug-likeness (QED) is 0.689. The Morgan fingerprint density at radius 3 is 2.65 bits per heavy atom. The van der Waals surface area contributed by atoms with E-state index in [1.54, 1.807) is 0 Å². The number of rotatable bonds is 6. The number of aliphatic hydroxyl groups is 1. The van der Waals surface area contributed by atoms with E-state index < -0.39 is 0 Å². The Morgan fingerprint density at radius 2 is 2.06 bits per heavy atom. The molecule has 17 heavy (non-hydrogen) atoms. The van der Waals surface area contributed by atoms with Crippen LogP contribution in [-0.4, -0.2) is 60.9 Å². The molecule has 0 radical (unpaired) electrons. The van der Waals surface area contributed by atoms with E-state index in [9.17, 15) is 4.79 Å². The van der Waals surface area contributed by atoms with Crippen LogP contribution in [0.3, 0.4) is 0 Å². The van der Waals surface area contributed by atoms with Gasteiger partial charge < -0.3 is 15.2 Å². The van der Waals surface area contributed by atoms with Crippen LogP contribution < -0.4 is 5.32 Å². The number of hydrogen-bond donors (Lipinski definition) is 2. The molecule has 1 fully saturated rings. The monoisotopic (exact) mass is 244 g/mol. The summed E-state index contributed by atoms with van der Waals surface area (Å²) in [4.78, 5) is 13.8. The van der Waals surface area contributed by atoms with E-state index in [1.165, 1.54) is 0 Å². The number of carbonyl (C=O) groups excluding carboxylic acids is 1. The summed E-state index contributed by atoms with van der Waals surface area (Å²) in [6.07, 6.45) is 0.930. The zero-order valence-corrected chi connectivity index (χ0v) is 10.9. The lowest BCUT2D eigenvalue weighted by atomic mass is 10.0. The van der Waals surface area contributed by atoms with E-state index >= 15 is 0 Å². The molecular formula is C12H24N2O3. The van der Waals surface area contributed by atoms with Crippen molar-refractivity contribution in [3.63, 3.8) is 0 Å². The molecule has 1 rings (SSSR count). The van der Waals surface area contributed by atoms with Crippen LogP contribution in [0.15, 0.2) is 0 Å². The molecule has 1 saturated heterocycles. The van der Waals surface area contributed by atoms with E-state index in [-0.39, 0.29) is 18.1 Å². The van der Waals surface area contributed by atoms with Gasteiger partial charge in [0, 0.05) is 38.2 Å². The maximum absolute atomic E-state index is 11.5. The highest BCUT2D eigenvalue weighted by molar-refractivity contribution is 5.75. The maximum Gasteiger partial charge on any atom is 0.220 e. The van der Waals surface area contributed by atoms with Gasteiger partial charge in [-0.05, 0) is 20.3 Å². The molecule has 1 aliphatic heterocycles. The number of carbonyl (C=O) groups is 1. The number of ether oxygens (including phenoxy) is 1. The average Bonchev–Trinajstić information content (AvgIpc) is 2.35. The highest BCUT2D eigenvalue weighted by atomic mass is 16.5. The smallest absolute Gasteiger partial charge is 0.220 e. The molecule has 0 spiro atoms. The van der Waals surface area contributed by atoms with Crippen molar-refractivity contribution >= 4 is 5.91 Å². The Bertz CT molecular complexity index is 238. The third-order valence-corrected chi connectivity index (χ3v) is 3.15. The summed E-state index contributed by atoms with van der Waals surface area (Å²) in [5, 5.41) is 11.6. The van der Waals surface area contributed by atoms with Crippen LogP contribution in [0, 0.1) is 0 Å². The molecule has 0 aromatic rings. The second-order valence-corrected chi connectivity index (χ2v) is 5.02. The van der Waals surface area contributed by atoms with E-state index in [0.29, 0.717) is 19.4 Å². The molecule has 0 aromatic carbocycles. The summed E-state index contributed by atoms with van der Waals surface area (Å²) >= 11 is 0. The fourth-order valence-electron chi connectivity index (χ4n) is 1.92. The van der Waals surface area contributed by atoms with Crippen LogP contribution >= 0.6 is 0 Å². The first-order valence-electron chi connectivity index (χ1n) is 6.26. The lowest BCUT2D eigenvalue weighted by Crippen LogP contribution is -2.55. The molecule has 0 aliphatic carbocycles. The largest absolute Gasteiger partial charge is 0.396 e. The first kappa shape index (κ1) is 14.4. The summed E-state index contributed by atoms with van der Waals surface area (Å²) in [5.41, 5.74) is -0.0430. The van der Waals surface area contributed by atoms with Crippen molar-refractivity contribution in [2.24, 2.45) is 0 Å². The van der Waals surface area contributed by atoms with Crippen LogP contribution in [0.2, 0.25) is 0 Å². The Morgan fingerprint density at radius 1 is 1.41 bits per heavy atom. The standard InChI is InChI=1S/C12H24N2O3/c1-12(2,14-5-8-17-9-6-14)10-13-11(16)4-3-7-15/h15H,3-10H2,1-2H3,(H,13,16). The molecular weight excluding hydrogens is 220 g/mol. The molecule has 0 atom stereocenters. The molecule has 5 nitrogen and oxygen atoms in total. The van der Waals surface area contributed by atoms with Crippen molar-refractivity contribution in [3.05, 3.63) is 0 Å². The topological polar surface area (TPSA) is 61.8 Å². The SMILES string of the molecule is CC(C)(CNC(=O)CCCO)N1CCOCC1. The van der Waals surface area contributed by atoms with Crippen LogP contribution in [0.4, 0.5) is 0 Å². The average molecular weight is 244 g/mol. The lowest BCUT2D eigenvalue weighted by molar-refractivity contribution is -0.122. The van der Waals surface area contributed by atoms with Gasteiger partial charge >= 0.3 is 0 Å². The van der Waals surface area contributed by atoms with Gasteiger partial charge in [-0.1, -0.05) is 0 Å². The molecule has 0 unspecified atom stereocenters. The Balaban J connectivity index is 2.29. The molecule has 1 heterocycles. The molecule has 0 bridgehead atoms. The third kappa shape index (κ3) is 5.02. The summed E-state index contributed by atoms with van der Waals surface area (Å²) < 4.78 is 5.32. The first-order chi connectivity index (χ1) is 8.06. The molecule has 0 saturated carbocycles. The van der Waals surface area contributed by atoms with Crippen molar-refractivity contribution in [1.82, 2.24) is 10.2 Å². The van der Waals surface area contributed by atoms with Gasteiger partial charge in [-0.3, -0.25) is 9.69 Å². The van der Waals surface area contributed by atoms with E-state index in [4.69, 9.17) is 9.84 Å². The fraction of sp³-hybridized carbons (Fsp3) is 0.917. The second kappa shape index (κ2) is 6.93. The highest BCUT2D eigenvalue weighted by Crippen LogP contribution is 2.15. The summed E-state index contributed by atoms with van der Waals surface area (Å²) in [6.45, 7) is 8.33.